The van der Waals surface area contributed by atoms with E-state index in [1.165, 1.54) is 30.5 Å². The van der Waals surface area contributed by atoms with Crippen LogP contribution in [-0.2, 0) is 4.74 Å². The lowest BCUT2D eigenvalue weighted by atomic mass is 10.0. The zero-order valence-corrected chi connectivity index (χ0v) is 39.0. The van der Waals surface area contributed by atoms with Crippen LogP contribution in [-0.4, -0.2) is 65.3 Å². The van der Waals surface area contributed by atoms with Crippen LogP contribution in [0.2, 0.25) is 0 Å². The highest BCUT2D eigenvalue weighted by Gasteiger charge is 2.44. The topological polar surface area (TPSA) is 188 Å². The first-order chi connectivity index (χ1) is 32.3. The molecule has 0 saturated carbocycles. The first kappa shape index (κ1) is 48.0. The second kappa shape index (κ2) is 18.2. The number of benzene rings is 4. The summed E-state index contributed by atoms with van der Waals surface area (Å²) in [5, 5.41) is 9.32. The average molecular weight is 1080 g/mol. The molecule has 356 valence electrons. The van der Waals surface area contributed by atoms with Crippen molar-refractivity contribution >= 4 is 43.8 Å². The number of alkyl halides is 4. The van der Waals surface area contributed by atoms with Gasteiger partial charge in [0.15, 0.2) is 57.7 Å². The molecule has 16 nitrogen and oxygen atoms in total. The van der Waals surface area contributed by atoms with Gasteiger partial charge in [-0.1, -0.05) is 39.3 Å². The summed E-state index contributed by atoms with van der Waals surface area (Å²) >= 11 is 6.95. The van der Waals surface area contributed by atoms with Crippen LogP contribution in [0.15, 0.2) is 103 Å². The predicted octanol–water partition coefficient (Wildman–Crippen LogP) is 12.3. The number of aromatic carboxylic acids is 1. The Morgan fingerprint density at radius 2 is 1.04 bits per heavy atom. The number of aryl methyl sites for hydroxylation is 4. The Hall–Kier alpha value is -7.46. The number of hydrogen-bond donors (Lipinski definition) is 1. The van der Waals surface area contributed by atoms with Crippen molar-refractivity contribution in [1.29, 1.82) is 0 Å². The number of imidazole rings is 2. The largest absolute Gasteiger partial charge is 0.586 e. The number of carbonyl (C=O) groups is 2. The van der Waals surface area contributed by atoms with E-state index in [4.69, 9.17) is 13.6 Å². The van der Waals surface area contributed by atoms with Crippen molar-refractivity contribution in [1.82, 2.24) is 29.1 Å². The van der Waals surface area contributed by atoms with Crippen molar-refractivity contribution in [2.75, 3.05) is 6.61 Å². The fourth-order valence-corrected chi connectivity index (χ4v) is 8.17. The minimum atomic E-state index is -3.74. The summed E-state index contributed by atoms with van der Waals surface area (Å²) in [5.41, 5.74) is 4.44. The molecule has 8 aromatic rings. The van der Waals surface area contributed by atoms with Crippen LogP contribution in [0, 0.1) is 27.7 Å². The van der Waals surface area contributed by atoms with Crippen LogP contribution in [0.25, 0.3) is 56.5 Å². The third kappa shape index (κ3) is 9.53. The van der Waals surface area contributed by atoms with Crippen molar-refractivity contribution in [3.05, 3.63) is 129 Å². The quantitative estimate of drug-likeness (QED) is 0.106. The van der Waals surface area contributed by atoms with Gasteiger partial charge in [0.1, 0.15) is 23.0 Å². The summed E-state index contributed by atoms with van der Waals surface area (Å²) in [7, 11) is 0. The zero-order valence-electron chi connectivity index (χ0n) is 35.9. The normalized spacial score (nSPS) is 13.7. The van der Waals surface area contributed by atoms with Gasteiger partial charge in [-0.05, 0) is 93.6 Å². The van der Waals surface area contributed by atoms with E-state index >= 15 is 0 Å². The molecule has 0 spiro atoms. The van der Waals surface area contributed by atoms with Crippen LogP contribution >= 0.6 is 31.9 Å². The lowest BCUT2D eigenvalue weighted by Gasteiger charge is -2.12. The summed E-state index contributed by atoms with van der Waals surface area (Å²) in [6.07, 6.45) is -4.46. The number of carboxylic acid groups (broad SMARTS) is 1. The molecule has 0 aliphatic carbocycles. The third-order valence-electron chi connectivity index (χ3n) is 10.2. The van der Waals surface area contributed by atoms with Crippen LogP contribution in [0.5, 0.6) is 23.0 Å². The van der Waals surface area contributed by atoms with E-state index in [2.05, 4.69) is 70.7 Å². The molecular weight excluding hydrogens is 1040 g/mol. The zero-order chi connectivity index (χ0) is 48.4. The minimum Gasteiger partial charge on any atom is -0.476 e. The number of nitrogens with zero attached hydrogens (tertiary/aromatic N) is 6. The van der Waals surface area contributed by atoms with Gasteiger partial charge in [0.2, 0.25) is 0 Å². The molecule has 0 amide bonds. The van der Waals surface area contributed by atoms with Crippen molar-refractivity contribution in [2.24, 2.45) is 0 Å². The maximum Gasteiger partial charge on any atom is 0.586 e. The summed E-state index contributed by atoms with van der Waals surface area (Å²) in [6.45, 7) is 8.76. The van der Waals surface area contributed by atoms with Gasteiger partial charge in [-0.2, -0.15) is 0 Å². The molecule has 4 aromatic carbocycles. The van der Waals surface area contributed by atoms with E-state index in [0.29, 0.717) is 80.0 Å². The number of fused-ring (bicyclic) bond motifs is 2. The summed E-state index contributed by atoms with van der Waals surface area (Å²) in [6, 6.07) is 19.6. The molecule has 2 aliphatic heterocycles. The fourth-order valence-electron chi connectivity index (χ4n) is 7.45. The van der Waals surface area contributed by atoms with Gasteiger partial charge in [0.25, 0.3) is 0 Å². The Kier molecular flexibility index (Phi) is 12.7. The van der Waals surface area contributed by atoms with E-state index in [-0.39, 0.29) is 48.4 Å². The maximum absolute atomic E-state index is 13.5. The Morgan fingerprint density at radius 1 is 0.623 bits per heavy atom. The Morgan fingerprint density at radius 3 is 1.46 bits per heavy atom. The van der Waals surface area contributed by atoms with Gasteiger partial charge >= 0.3 is 24.5 Å². The van der Waals surface area contributed by atoms with E-state index in [1.54, 1.807) is 80.3 Å². The standard InChI is InChI=1S/C24H18BrF2N3O5.C22H14BrF2N3O5.CH4/c1-4-32-23(31)17-11-30(12(2)28-17)18-7-6-15(25)10-16(18)21-22(33-13(3)29-21)14-5-8-19-20(9-14)35-24(26,27)34-19;1-10-26-15(21(29)30)9-28(10)16-5-4-13(23)8-14(16)19-20(31-11(2)27-19)12-3-6-17-18(7-12)33-22(24,25)32-17;/h5-11H,4H2,1-3H3;3-9H,1-2H3,(H,29,30);1H4. The SMILES string of the molecule is C.CCOC(=O)c1cn(-c2ccc(Br)cc2-c2nc(C)oc2-c2ccc3c(c2)OC(F)(F)O3)c(C)n1.Cc1nc(-c2cc(Br)ccc2-n2cc(C(=O)O)nc2C)c(-c2ccc3c(c2)OC(F)(F)O3)o1. The van der Waals surface area contributed by atoms with Crippen LogP contribution in [0.1, 0.15) is 58.8 Å². The molecule has 10 rings (SSSR count). The Labute approximate surface area is 405 Å². The molecule has 4 aromatic heterocycles. The van der Waals surface area contributed by atoms with Gasteiger partial charge in [-0.15, -0.1) is 17.6 Å². The van der Waals surface area contributed by atoms with E-state index in [9.17, 15) is 32.3 Å². The van der Waals surface area contributed by atoms with Crippen molar-refractivity contribution in [2.45, 2.75) is 54.6 Å². The highest BCUT2D eigenvalue weighted by Crippen LogP contribution is 2.47. The van der Waals surface area contributed by atoms with Crippen molar-refractivity contribution < 1.29 is 64.8 Å². The molecule has 69 heavy (non-hydrogen) atoms. The number of carboxylic acids is 1. The molecule has 0 saturated heterocycles. The Bertz CT molecular complexity index is 3330. The first-order valence-electron chi connectivity index (χ1n) is 20.1. The molecule has 0 bridgehead atoms. The molecule has 0 fully saturated rings. The van der Waals surface area contributed by atoms with Crippen LogP contribution in [0.3, 0.4) is 0 Å². The molecule has 6 heterocycles. The summed E-state index contributed by atoms with van der Waals surface area (Å²) in [5.74, 6) is 0.369. The molecule has 0 atom stereocenters. The first-order valence-corrected chi connectivity index (χ1v) is 21.7. The molecule has 1 N–H and O–H groups in total. The fraction of sp³-hybridized carbons (Fsp3) is 0.191. The minimum absolute atomic E-state index is 0. The number of carbonyl (C=O) groups excluding carboxylic acids is 1. The van der Waals surface area contributed by atoms with Gasteiger partial charge < -0.3 is 46.8 Å². The number of hydrogen-bond acceptors (Lipinski definition) is 13. The summed E-state index contributed by atoms with van der Waals surface area (Å²) in [4.78, 5) is 41.1. The highest BCUT2D eigenvalue weighted by molar-refractivity contribution is 9.10. The number of aromatic nitrogens is 6. The molecule has 22 heteroatoms. The van der Waals surface area contributed by atoms with E-state index in [1.807, 2.05) is 18.2 Å². The van der Waals surface area contributed by atoms with Crippen LogP contribution in [0.4, 0.5) is 17.6 Å². The third-order valence-corrected chi connectivity index (χ3v) is 11.2. The lowest BCUT2D eigenvalue weighted by molar-refractivity contribution is -0.287. The van der Waals surface area contributed by atoms with Gasteiger partial charge in [-0.3, -0.25) is 0 Å². The smallest absolute Gasteiger partial charge is 0.476 e. The molecular formula is C47H36Br2F4N6O10. The van der Waals surface area contributed by atoms with E-state index < -0.39 is 24.5 Å². The second-order valence-electron chi connectivity index (χ2n) is 14.9. The molecule has 2 aliphatic rings. The average Bonchev–Trinajstić information content (AvgIpc) is 4.13. The second-order valence-corrected chi connectivity index (χ2v) is 16.7. The van der Waals surface area contributed by atoms with Gasteiger partial charge in [0, 0.05) is 57.4 Å². The highest BCUT2D eigenvalue weighted by atomic mass is 79.9. The monoisotopic (exact) mass is 1080 g/mol. The Balaban J connectivity index is 0.000000184. The van der Waals surface area contributed by atoms with Crippen LogP contribution < -0.4 is 18.9 Å². The number of ether oxygens (including phenoxy) is 5. The number of rotatable bonds is 9. The number of oxazole rings is 2. The maximum atomic E-state index is 13.5. The lowest BCUT2D eigenvalue weighted by Crippen LogP contribution is -2.25. The number of esters is 1. The summed E-state index contributed by atoms with van der Waals surface area (Å²) < 4.78 is 93.8. The molecule has 0 unspecified atom stereocenters. The molecule has 0 radical (unpaired) electrons. The number of halogens is 6. The van der Waals surface area contributed by atoms with Gasteiger partial charge in [0.05, 0.1) is 18.0 Å². The van der Waals surface area contributed by atoms with Gasteiger partial charge in [-0.25, -0.2) is 29.5 Å². The predicted molar refractivity (Wildman–Crippen MR) is 245 cm³/mol. The van der Waals surface area contributed by atoms with E-state index in [0.717, 1.165) is 8.95 Å². The van der Waals surface area contributed by atoms with Crippen molar-refractivity contribution in [3.63, 3.8) is 0 Å². The van der Waals surface area contributed by atoms with Crippen molar-refractivity contribution in [3.8, 4) is 79.5 Å².